The van der Waals surface area contributed by atoms with E-state index in [-0.39, 0.29) is 12.4 Å². The quantitative estimate of drug-likeness (QED) is 0.602. The van der Waals surface area contributed by atoms with Crippen molar-refractivity contribution in [3.8, 4) is 0 Å². The Morgan fingerprint density at radius 1 is 1.17 bits per heavy atom. The summed E-state index contributed by atoms with van der Waals surface area (Å²) in [7, 11) is 0. The van der Waals surface area contributed by atoms with Crippen LogP contribution >= 0.6 is 11.6 Å². The highest BCUT2D eigenvalue weighted by Crippen LogP contribution is 2.22. The van der Waals surface area contributed by atoms with Gasteiger partial charge in [0.05, 0.1) is 17.3 Å². The third-order valence-electron chi connectivity index (χ3n) is 2.65. The topological polar surface area (TPSA) is 104 Å². The number of amides is 1. The number of rotatable bonds is 7. The van der Waals surface area contributed by atoms with Crippen LogP contribution in [0, 0.1) is 10.8 Å². The molecule has 0 aliphatic carbocycles. The van der Waals surface area contributed by atoms with E-state index in [1.807, 2.05) is 0 Å². The first-order valence-electron chi connectivity index (χ1n) is 5.34. The summed E-state index contributed by atoms with van der Waals surface area (Å²) in [6.07, 6.45) is -0.566. The zero-order valence-electron chi connectivity index (χ0n) is 10.6. The van der Waals surface area contributed by atoms with Crippen LogP contribution in [0.5, 0.6) is 0 Å². The fourth-order valence-electron chi connectivity index (χ4n) is 1.12. The molecule has 0 aliphatic rings. The molecule has 0 aliphatic heterocycles. The zero-order valence-corrected chi connectivity index (χ0v) is 11.4. The maximum Gasteiger partial charge on any atom is 0.311 e. The summed E-state index contributed by atoms with van der Waals surface area (Å²) < 4.78 is 0. The molecule has 0 aromatic rings. The number of hydrogen-bond acceptors (Lipinski definition) is 3. The van der Waals surface area contributed by atoms with Crippen molar-refractivity contribution in [2.45, 2.75) is 27.2 Å². The van der Waals surface area contributed by atoms with Crippen LogP contribution in [0.3, 0.4) is 0 Å². The lowest BCUT2D eigenvalue weighted by molar-refractivity contribution is -0.154. The number of carboxylic acid groups (broad SMARTS) is 2. The van der Waals surface area contributed by atoms with E-state index in [9.17, 15) is 14.4 Å². The molecule has 104 valence electrons. The van der Waals surface area contributed by atoms with E-state index in [1.165, 1.54) is 6.92 Å². The molecule has 1 unspecified atom stereocenters. The number of nitrogens with one attached hydrogen (secondary N) is 1. The number of alkyl halides is 1. The summed E-state index contributed by atoms with van der Waals surface area (Å²) >= 11 is 5.61. The maximum absolute atomic E-state index is 11.7. The summed E-state index contributed by atoms with van der Waals surface area (Å²) in [6.45, 7) is 4.25. The zero-order chi connectivity index (χ0) is 14.6. The van der Waals surface area contributed by atoms with Crippen LogP contribution in [-0.2, 0) is 14.4 Å². The second-order valence-electron chi connectivity index (χ2n) is 5.14. The number of carbonyl (C=O) groups excluding carboxylic acids is 1. The molecule has 0 aromatic heterocycles. The number of hydrogen-bond donors (Lipinski definition) is 3. The molecule has 0 saturated heterocycles. The molecule has 0 aromatic carbocycles. The van der Waals surface area contributed by atoms with E-state index >= 15 is 0 Å². The standard InChI is InChI=1S/C11H18ClNO5/c1-10(2,5-12)8(16)13-6-11(3,9(17)18)4-7(14)15/h4-6H2,1-3H3,(H,13,16)(H,14,15)(H,17,18). The van der Waals surface area contributed by atoms with Gasteiger partial charge in [0.1, 0.15) is 0 Å². The van der Waals surface area contributed by atoms with Gasteiger partial charge in [-0.1, -0.05) is 0 Å². The van der Waals surface area contributed by atoms with Crippen molar-refractivity contribution < 1.29 is 24.6 Å². The van der Waals surface area contributed by atoms with E-state index in [4.69, 9.17) is 21.8 Å². The van der Waals surface area contributed by atoms with Gasteiger partial charge in [0, 0.05) is 12.4 Å². The van der Waals surface area contributed by atoms with Crippen molar-refractivity contribution in [1.82, 2.24) is 5.32 Å². The van der Waals surface area contributed by atoms with Crippen LogP contribution in [0.15, 0.2) is 0 Å². The predicted octanol–water partition coefficient (Wildman–Crippen LogP) is 0.933. The number of carboxylic acids is 2. The third-order valence-corrected chi connectivity index (χ3v) is 3.31. The highest BCUT2D eigenvalue weighted by atomic mass is 35.5. The van der Waals surface area contributed by atoms with Crippen molar-refractivity contribution in [1.29, 1.82) is 0 Å². The van der Waals surface area contributed by atoms with Gasteiger partial charge in [0.25, 0.3) is 0 Å². The molecule has 0 saturated carbocycles. The van der Waals surface area contributed by atoms with E-state index in [1.54, 1.807) is 13.8 Å². The smallest absolute Gasteiger partial charge is 0.311 e. The third kappa shape index (κ3) is 4.52. The van der Waals surface area contributed by atoms with Crippen LogP contribution in [0.1, 0.15) is 27.2 Å². The summed E-state index contributed by atoms with van der Waals surface area (Å²) in [5, 5.41) is 20.1. The number of halogens is 1. The summed E-state index contributed by atoms with van der Waals surface area (Å²) in [5.41, 5.74) is -2.37. The van der Waals surface area contributed by atoms with Crippen LogP contribution in [-0.4, -0.2) is 40.5 Å². The Morgan fingerprint density at radius 2 is 1.67 bits per heavy atom. The van der Waals surface area contributed by atoms with Gasteiger partial charge in [0.2, 0.25) is 5.91 Å². The van der Waals surface area contributed by atoms with Crippen molar-refractivity contribution in [3.63, 3.8) is 0 Å². The summed E-state index contributed by atoms with van der Waals surface area (Å²) in [6, 6.07) is 0. The predicted molar refractivity (Wildman–Crippen MR) is 65.5 cm³/mol. The lowest BCUT2D eigenvalue weighted by atomic mass is 9.86. The normalized spacial score (nSPS) is 14.7. The SMILES string of the molecule is CC(C)(CCl)C(=O)NCC(C)(CC(=O)O)C(=O)O. The van der Waals surface area contributed by atoms with Gasteiger partial charge in [-0.15, -0.1) is 11.6 Å². The first-order chi connectivity index (χ1) is 8.05. The molecule has 1 amide bonds. The fourth-order valence-corrected chi connectivity index (χ4v) is 1.24. The Hall–Kier alpha value is -1.30. The fraction of sp³-hybridized carbons (Fsp3) is 0.727. The molecule has 0 rings (SSSR count). The van der Waals surface area contributed by atoms with Crippen LogP contribution in [0.25, 0.3) is 0 Å². The van der Waals surface area contributed by atoms with Gasteiger partial charge in [-0.3, -0.25) is 14.4 Å². The Balaban J connectivity index is 4.70. The van der Waals surface area contributed by atoms with Gasteiger partial charge in [-0.05, 0) is 20.8 Å². The van der Waals surface area contributed by atoms with Gasteiger partial charge >= 0.3 is 11.9 Å². The number of carbonyl (C=O) groups is 3. The molecular weight excluding hydrogens is 262 g/mol. The molecule has 1 atom stereocenters. The van der Waals surface area contributed by atoms with Crippen LogP contribution in [0.4, 0.5) is 0 Å². The Labute approximate surface area is 110 Å². The first kappa shape index (κ1) is 16.7. The monoisotopic (exact) mass is 279 g/mol. The Kier molecular flexibility index (Phi) is 5.60. The molecule has 0 fully saturated rings. The highest BCUT2D eigenvalue weighted by Gasteiger charge is 2.37. The largest absolute Gasteiger partial charge is 0.481 e. The maximum atomic E-state index is 11.7. The first-order valence-corrected chi connectivity index (χ1v) is 5.88. The molecule has 0 bridgehead atoms. The lowest BCUT2D eigenvalue weighted by Gasteiger charge is -2.26. The molecule has 7 heteroatoms. The average molecular weight is 280 g/mol. The number of aliphatic carboxylic acids is 2. The van der Waals surface area contributed by atoms with Crippen molar-refractivity contribution in [2.24, 2.45) is 10.8 Å². The van der Waals surface area contributed by atoms with Crippen molar-refractivity contribution in [2.75, 3.05) is 12.4 Å². The van der Waals surface area contributed by atoms with E-state index < -0.39 is 35.1 Å². The van der Waals surface area contributed by atoms with Crippen LogP contribution in [0.2, 0.25) is 0 Å². The van der Waals surface area contributed by atoms with Gasteiger partial charge in [-0.2, -0.15) is 0 Å². The molecule has 3 N–H and O–H groups in total. The Morgan fingerprint density at radius 3 is 2.00 bits per heavy atom. The minimum atomic E-state index is -1.54. The van der Waals surface area contributed by atoms with E-state index in [0.29, 0.717) is 0 Å². The molecule has 0 heterocycles. The summed E-state index contributed by atoms with van der Waals surface area (Å²) in [5.74, 6) is -2.82. The summed E-state index contributed by atoms with van der Waals surface area (Å²) in [4.78, 5) is 33.4. The molecule has 18 heavy (non-hydrogen) atoms. The minimum Gasteiger partial charge on any atom is -0.481 e. The highest BCUT2D eigenvalue weighted by molar-refractivity contribution is 6.19. The van der Waals surface area contributed by atoms with Crippen LogP contribution < -0.4 is 5.32 Å². The van der Waals surface area contributed by atoms with E-state index in [2.05, 4.69) is 5.32 Å². The lowest BCUT2D eigenvalue weighted by Crippen LogP contribution is -2.46. The van der Waals surface area contributed by atoms with Crippen molar-refractivity contribution in [3.05, 3.63) is 0 Å². The van der Waals surface area contributed by atoms with Gasteiger partial charge < -0.3 is 15.5 Å². The van der Waals surface area contributed by atoms with E-state index in [0.717, 1.165) is 0 Å². The Bertz CT molecular complexity index is 355. The molecule has 0 spiro atoms. The minimum absolute atomic E-state index is 0.0849. The van der Waals surface area contributed by atoms with Gasteiger partial charge in [-0.25, -0.2) is 0 Å². The second kappa shape index (κ2) is 6.04. The van der Waals surface area contributed by atoms with Gasteiger partial charge in [0.15, 0.2) is 0 Å². The average Bonchev–Trinajstić information content (AvgIpc) is 2.24. The second-order valence-corrected chi connectivity index (χ2v) is 5.40. The molecular formula is C11H18ClNO5. The van der Waals surface area contributed by atoms with Crippen molar-refractivity contribution >= 4 is 29.4 Å². The molecule has 6 nitrogen and oxygen atoms in total. The molecule has 0 radical (unpaired) electrons.